The van der Waals surface area contributed by atoms with Crippen LogP contribution in [0.1, 0.15) is 26.7 Å². The molecule has 1 saturated carbocycles. The zero-order chi connectivity index (χ0) is 12.8. The summed E-state index contributed by atoms with van der Waals surface area (Å²) in [5, 5.41) is 0. The van der Waals surface area contributed by atoms with Crippen LogP contribution < -0.4 is 0 Å². The fourth-order valence-corrected chi connectivity index (χ4v) is 3.96. The molecule has 1 unspecified atom stereocenters. The normalized spacial score (nSPS) is 40.5. The molecule has 2 aliphatic rings. The van der Waals surface area contributed by atoms with Crippen molar-refractivity contribution in [3.63, 3.8) is 0 Å². The summed E-state index contributed by atoms with van der Waals surface area (Å²) in [5.74, 6) is 0.233. The molecular weight excluding hydrogens is 230 g/mol. The molecule has 0 aromatic heterocycles. The summed E-state index contributed by atoms with van der Waals surface area (Å²) >= 11 is 0. The van der Waals surface area contributed by atoms with Crippen molar-refractivity contribution in [1.29, 1.82) is 0 Å². The first kappa shape index (κ1) is 13.7. The van der Waals surface area contributed by atoms with Gasteiger partial charge in [-0.1, -0.05) is 6.42 Å². The lowest BCUT2D eigenvalue weighted by molar-refractivity contribution is -0.156. The van der Waals surface area contributed by atoms with E-state index in [0.717, 1.165) is 6.42 Å². The van der Waals surface area contributed by atoms with Crippen LogP contribution in [0.25, 0.3) is 0 Å². The van der Waals surface area contributed by atoms with Gasteiger partial charge in [0.25, 0.3) is 0 Å². The average Bonchev–Trinajstić information content (AvgIpc) is 2.58. The number of hydrogen-bond donors (Lipinski definition) is 0. The summed E-state index contributed by atoms with van der Waals surface area (Å²) in [4.78, 5) is 0. The molecule has 0 aromatic rings. The molecule has 0 bridgehead atoms. The maximum absolute atomic E-state index is 6.16. The third-order valence-corrected chi connectivity index (χ3v) is 5.20. The van der Waals surface area contributed by atoms with E-state index in [1.165, 1.54) is 12.6 Å². The minimum Gasteiger partial charge on any atom is -0.345 e. The number of hydrogen-bond acceptors (Lipinski definition) is 2. The molecular formula is C13H24BO2P. The van der Waals surface area contributed by atoms with Crippen LogP contribution in [0.4, 0.5) is 0 Å². The van der Waals surface area contributed by atoms with Crippen LogP contribution in [0.15, 0.2) is 0 Å². The molecule has 2 radical (unpaired) electrons. The molecule has 17 heavy (non-hydrogen) atoms. The van der Waals surface area contributed by atoms with Gasteiger partial charge in [-0.15, -0.1) is 13.2 Å². The van der Waals surface area contributed by atoms with Crippen molar-refractivity contribution in [2.75, 3.05) is 19.5 Å². The van der Waals surface area contributed by atoms with Gasteiger partial charge in [0.15, 0.2) is 5.79 Å². The standard InChI is InChI=1S/C13H24BO2P/c1-13(2)15-11-9(6-7-17(3,4)5)8-10(14)12(11)16-13/h9-12H,3,6-8H2,1-2,4-5H3/t9-,10+,11+,12?/m0/s1. The van der Waals surface area contributed by atoms with Crippen molar-refractivity contribution in [2.45, 2.75) is 50.5 Å². The van der Waals surface area contributed by atoms with Crippen LogP contribution in [0.2, 0.25) is 5.82 Å². The van der Waals surface area contributed by atoms with Gasteiger partial charge in [0.1, 0.15) is 0 Å². The molecule has 0 N–H and O–H groups in total. The van der Waals surface area contributed by atoms with E-state index in [-0.39, 0.29) is 18.0 Å². The zero-order valence-electron chi connectivity index (χ0n) is 11.5. The Bertz CT molecular complexity index is 336. The van der Waals surface area contributed by atoms with E-state index in [2.05, 4.69) is 19.6 Å². The van der Waals surface area contributed by atoms with Gasteiger partial charge < -0.3 is 9.47 Å². The summed E-state index contributed by atoms with van der Waals surface area (Å²) in [6, 6.07) is 0. The second kappa shape index (κ2) is 4.44. The Morgan fingerprint density at radius 2 is 1.88 bits per heavy atom. The van der Waals surface area contributed by atoms with Gasteiger partial charge in [0, 0.05) is 0 Å². The van der Waals surface area contributed by atoms with Crippen LogP contribution in [-0.4, -0.2) is 51.6 Å². The minimum absolute atomic E-state index is 0.0984. The Labute approximate surface area is 107 Å². The highest BCUT2D eigenvalue weighted by molar-refractivity contribution is 7.72. The maximum atomic E-state index is 6.16. The van der Waals surface area contributed by atoms with Gasteiger partial charge >= 0.3 is 0 Å². The summed E-state index contributed by atoms with van der Waals surface area (Å²) in [6.07, 6.45) is 8.00. The Balaban J connectivity index is 1.99. The van der Waals surface area contributed by atoms with E-state index >= 15 is 0 Å². The van der Waals surface area contributed by atoms with Crippen LogP contribution in [0.5, 0.6) is 0 Å². The minimum atomic E-state index is -0.944. The molecule has 1 aliphatic heterocycles. The molecule has 2 rings (SSSR count). The van der Waals surface area contributed by atoms with Gasteiger partial charge in [0.2, 0.25) is 0 Å². The third kappa shape index (κ3) is 3.19. The summed E-state index contributed by atoms with van der Waals surface area (Å²) in [7, 11) is 6.16. The maximum Gasteiger partial charge on any atom is 0.163 e. The molecule has 0 spiro atoms. The van der Waals surface area contributed by atoms with Crippen molar-refractivity contribution in [3.8, 4) is 0 Å². The fourth-order valence-electron chi connectivity index (χ4n) is 2.93. The first-order chi connectivity index (χ1) is 7.68. The van der Waals surface area contributed by atoms with E-state index in [9.17, 15) is 0 Å². The fraction of sp³-hybridized carbons (Fsp3) is 0.923. The largest absolute Gasteiger partial charge is 0.345 e. The van der Waals surface area contributed by atoms with Crippen molar-refractivity contribution in [1.82, 2.24) is 0 Å². The predicted molar refractivity (Wildman–Crippen MR) is 76.8 cm³/mol. The van der Waals surface area contributed by atoms with Crippen molar-refractivity contribution in [3.05, 3.63) is 0 Å². The van der Waals surface area contributed by atoms with Crippen molar-refractivity contribution < 1.29 is 9.47 Å². The number of fused-ring (bicyclic) bond motifs is 1. The number of rotatable bonds is 3. The molecule has 96 valence electrons. The van der Waals surface area contributed by atoms with E-state index < -0.39 is 12.7 Å². The summed E-state index contributed by atoms with van der Waals surface area (Å²) < 4.78 is 11.9. The van der Waals surface area contributed by atoms with Gasteiger partial charge in [0.05, 0.1) is 20.1 Å². The molecule has 4 atom stereocenters. The first-order valence-corrected chi connectivity index (χ1v) is 9.52. The summed E-state index contributed by atoms with van der Waals surface area (Å²) in [6.45, 7) is 7.59. The smallest absolute Gasteiger partial charge is 0.163 e. The van der Waals surface area contributed by atoms with E-state index in [0.29, 0.717) is 5.92 Å². The van der Waals surface area contributed by atoms with E-state index in [4.69, 9.17) is 17.3 Å². The van der Waals surface area contributed by atoms with Gasteiger partial charge in [-0.2, -0.15) is 0 Å². The number of ether oxygens (including phenoxy) is 2. The van der Waals surface area contributed by atoms with Crippen LogP contribution >= 0.6 is 6.89 Å². The van der Waals surface area contributed by atoms with Crippen LogP contribution in [0.3, 0.4) is 0 Å². The van der Waals surface area contributed by atoms with Crippen LogP contribution in [-0.2, 0) is 9.47 Å². The molecule has 4 heteroatoms. The van der Waals surface area contributed by atoms with Gasteiger partial charge in [-0.05, 0) is 51.5 Å². The highest BCUT2D eigenvalue weighted by Crippen LogP contribution is 2.49. The monoisotopic (exact) mass is 254 g/mol. The Morgan fingerprint density at radius 1 is 1.29 bits per heavy atom. The van der Waals surface area contributed by atoms with Gasteiger partial charge in [-0.25, -0.2) is 0 Å². The predicted octanol–water partition coefficient (Wildman–Crippen LogP) is 2.58. The lowest BCUT2D eigenvalue weighted by atomic mass is 9.83. The highest BCUT2D eigenvalue weighted by Gasteiger charge is 2.51. The molecule has 1 heterocycles. The zero-order valence-corrected chi connectivity index (χ0v) is 12.4. The first-order valence-electron chi connectivity index (χ1n) is 6.46. The molecule has 1 saturated heterocycles. The molecule has 2 nitrogen and oxygen atoms in total. The lowest BCUT2D eigenvalue weighted by Crippen LogP contribution is -2.25. The quantitative estimate of drug-likeness (QED) is 0.569. The van der Waals surface area contributed by atoms with E-state index in [1.807, 2.05) is 13.8 Å². The lowest BCUT2D eigenvalue weighted by Gasteiger charge is -2.24. The van der Waals surface area contributed by atoms with E-state index in [1.54, 1.807) is 0 Å². The highest BCUT2D eigenvalue weighted by atomic mass is 31.2. The SMILES string of the molecule is [B][C@@H]1C[C@H](CCP(=C)(C)C)[C@H]2OC(C)(C)OC12. The Morgan fingerprint density at radius 3 is 2.47 bits per heavy atom. The second-order valence-electron chi connectivity index (χ2n) is 6.67. The topological polar surface area (TPSA) is 18.5 Å². The van der Waals surface area contributed by atoms with Gasteiger partial charge in [-0.3, -0.25) is 0 Å². The molecule has 1 aliphatic carbocycles. The van der Waals surface area contributed by atoms with Crippen molar-refractivity contribution in [2.24, 2.45) is 5.92 Å². The molecule has 0 aromatic carbocycles. The Kier molecular flexibility index (Phi) is 3.58. The Hall–Kier alpha value is 0.285. The average molecular weight is 254 g/mol. The summed E-state index contributed by atoms with van der Waals surface area (Å²) in [5.41, 5.74) is 0. The molecule has 2 fully saturated rings. The van der Waals surface area contributed by atoms with Crippen LogP contribution in [0, 0.1) is 5.92 Å². The second-order valence-corrected chi connectivity index (χ2v) is 11.0. The third-order valence-electron chi connectivity index (χ3n) is 3.73. The van der Waals surface area contributed by atoms with Crippen molar-refractivity contribution >= 4 is 21.0 Å². The molecule has 0 amide bonds.